The van der Waals surface area contributed by atoms with Gasteiger partial charge >= 0.3 is 0 Å². The molecule has 5 nitrogen and oxygen atoms in total. The first kappa shape index (κ1) is 36.3. The number of para-hydroxylation sites is 1. The largest absolute Gasteiger partial charge is 0.298 e. The van der Waals surface area contributed by atoms with Crippen LogP contribution in [-0.4, -0.2) is 26.8 Å². The summed E-state index contributed by atoms with van der Waals surface area (Å²) in [7, 11) is 0. The van der Waals surface area contributed by atoms with Gasteiger partial charge in [-0.2, -0.15) is 0 Å². The Morgan fingerprint density at radius 3 is 1.83 bits per heavy atom. The lowest BCUT2D eigenvalue weighted by Gasteiger charge is -2.11. The number of hydrogen-bond donors (Lipinski definition) is 0. The minimum Gasteiger partial charge on any atom is -0.298 e. The Balaban J connectivity index is 0.997. The second kappa shape index (κ2) is 16.1. The van der Waals surface area contributed by atoms with E-state index < -0.39 is 0 Å². The van der Waals surface area contributed by atoms with Crippen molar-refractivity contribution in [2.24, 2.45) is 9.98 Å². The average molecular weight is 770 g/mol. The molecule has 0 aliphatic heterocycles. The number of fused-ring (bicyclic) bond motifs is 5. The zero-order chi connectivity index (χ0) is 40.3. The molecule has 0 bridgehead atoms. The summed E-state index contributed by atoms with van der Waals surface area (Å²) in [6, 6.07) is 69.5. The first-order chi connectivity index (χ1) is 29.7. The van der Waals surface area contributed by atoms with Crippen LogP contribution in [0.2, 0.25) is 0 Å². The molecule has 0 aliphatic carbocycles. The Kier molecular flexibility index (Phi) is 9.74. The van der Waals surface area contributed by atoms with Crippen LogP contribution < -0.4 is 0 Å². The number of pyridine rings is 2. The molecule has 5 heteroatoms. The second-order valence-electron chi connectivity index (χ2n) is 14.8. The third-order valence-electron chi connectivity index (χ3n) is 11.0. The van der Waals surface area contributed by atoms with Crippen molar-refractivity contribution in [1.82, 2.24) is 14.4 Å². The predicted molar refractivity (Wildman–Crippen MR) is 250 cm³/mol. The summed E-state index contributed by atoms with van der Waals surface area (Å²) < 4.78 is 2.14. The van der Waals surface area contributed by atoms with Crippen molar-refractivity contribution < 1.29 is 0 Å². The van der Waals surface area contributed by atoms with Crippen LogP contribution in [-0.2, 0) is 6.54 Å². The number of nitrogens with zero attached hydrogens (tertiary/aromatic N) is 5. The Morgan fingerprint density at radius 2 is 1.10 bits per heavy atom. The van der Waals surface area contributed by atoms with Gasteiger partial charge in [0.05, 0.1) is 34.7 Å². The van der Waals surface area contributed by atoms with Gasteiger partial charge in [0.15, 0.2) is 0 Å². The Bertz CT molecular complexity index is 3230. The molecule has 10 aromatic rings. The van der Waals surface area contributed by atoms with E-state index in [1.807, 2.05) is 42.5 Å². The highest BCUT2D eigenvalue weighted by molar-refractivity contribution is 6.13. The molecule has 0 saturated heterocycles. The monoisotopic (exact) mass is 769 g/mol. The van der Waals surface area contributed by atoms with Gasteiger partial charge in [0.25, 0.3) is 0 Å². The maximum absolute atomic E-state index is 5.29. The van der Waals surface area contributed by atoms with Crippen LogP contribution in [0.15, 0.2) is 222 Å². The van der Waals surface area contributed by atoms with Crippen molar-refractivity contribution in [3.05, 3.63) is 229 Å². The molecule has 3 aromatic heterocycles. The summed E-state index contributed by atoms with van der Waals surface area (Å²) in [4.78, 5) is 20.0. The molecule has 0 N–H and O–H groups in total. The van der Waals surface area contributed by atoms with Gasteiger partial charge < -0.3 is 0 Å². The molecular weight excluding hydrogens is 731 g/mol. The number of allylic oxidation sites excluding steroid dienone is 1. The lowest BCUT2D eigenvalue weighted by molar-refractivity contribution is 1.07. The van der Waals surface area contributed by atoms with Gasteiger partial charge in [0.2, 0.25) is 0 Å². The van der Waals surface area contributed by atoms with Gasteiger partial charge in [-0.05, 0) is 88.1 Å². The van der Waals surface area contributed by atoms with Crippen molar-refractivity contribution in [3.63, 3.8) is 0 Å². The number of benzene rings is 7. The van der Waals surface area contributed by atoms with Crippen molar-refractivity contribution in [1.29, 1.82) is 0 Å². The first-order valence-corrected chi connectivity index (χ1v) is 20.1. The molecular formula is C55H39N5. The Labute approximate surface area is 349 Å². The van der Waals surface area contributed by atoms with Gasteiger partial charge in [0, 0.05) is 28.3 Å². The number of aliphatic imine (C=N–C) groups is 2. The van der Waals surface area contributed by atoms with E-state index >= 15 is 0 Å². The molecule has 3 heterocycles. The molecule has 0 spiro atoms. The average Bonchev–Trinajstić information content (AvgIpc) is 3.72. The first-order valence-electron chi connectivity index (χ1n) is 20.1. The summed E-state index contributed by atoms with van der Waals surface area (Å²) in [5.41, 5.74) is 17.2. The van der Waals surface area contributed by atoms with E-state index in [-0.39, 0.29) is 0 Å². The van der Waals surface area contributed by atoms with E-state index in [1.165, 1.54) is 0 Å². The van der Waals surface area contributed by atoms with Crippen LogP contribution in [0.25, 0.3) is 77.9 Å². The van der Waals surface area contributed by atoms with Gasteiger partial charge in [-0.25, -0.2) is 9.97 Å². The van der Waals surface area contributed by atoms with Gasteiger partial charge in [-0.1, -0.05) is 164 Å². The molecule has 0 amide bonds. The number of imidazole rings is 1. The number of rotatable bonds is 10. The molecule has 0 atom stereocenters. The molecule has 284 valence electrons. The van der Waals surface area contributed by atoms with Crippen LogP contribution in [0.3, 0.4) is 0 Å². The van der Waals surface area contributed by atoms with Gasteiger partial charge in [-0.3, -0.25) is 14.4 Å². The fourth-order valence-corrected chi connectivity index (χ4v) is 7.95. The molecule has 0 aliphatic rings. The van der Waals surface area contributed by atoms with Gasteiger partial charge in [-0.15, -0.1) is 0 Å². The Morgan fingerprint density at radius 1 is 0.517 bits per heavy atom. The molecule has 10 rings (SSSR count). The highest BCUT2D eigenvalue weighted by Gasteiger charge is 2.16. The number of hydrogen-bond acceptors (Lipinski definition) is 4. The standard InChI is InChI=1S/C55H39N5/c1-56-50(46-23-13-21-44(34-46)39-16-4-2-5-17-39)36-51(47-24-14-22-45(35-47)40-18-6-3-7-19-40)57-37-38-15-12-20-43(33-38)41-28-30-42(31-29-41)53-55-54(48-25-8-9-26-49(48)58-53)59-52-27-10-11-32-60(52)55/h2-36H,1,37H2/b50-36-,57-51+. The van der Waals surface area contributed by atoms with E-state index in [9.17, 15) is 0 Å². The van der Waals surface area contributed by atoms with Crippen LogP contribution >= 0.6 is 0 Å². The van der Waals surface area contributed by atoms with E-state index in [1.54, 1.807) is 0 Å². The SMILES string of the molecule is C=N/C(=C\C(=N/Cc1cccc(-c2ccc(-c3nc4ccccc4c4nc5ccccn5c34)cc2)c1)c1cccc(-c2ccccc2)c1)c1cccc(-c2ccccc2)c1. The minimum atomic E-state index is 0.481. The fraction of sp³-hybridized carbons (Fsp3) is 0.0182. The predicted octanol–water partition coefficient (Wildman–Crippen LogP) is 13.4. The van der Waals surface area contributed by atoms with Gasteiger partial charge in [0.1, 0.15) is 11.2 Å². The van der Waals surface area contributed by atoms with E-state index in [4.69, 9.17) is 15.0 Å². The second-order valence-corrected chi connectivity index (χ2v) is 14.8. The van der Waals surface area contributed by atoms with E-state index in [0.717, 1.165) is 100 Å². The molecule has 7 aromatic carbocycles. The molecule has 0 saturated carbocycles. The van der Waals surface area contributed by atoms with Crippen LogP contribution in [0.1, 0.15) is 16.7 Å². The normalized spacial score (nSPS) is 12.0. The van der Waals surface area contributed by atoms with Crippen LogP contribution in [0.5, 0.6) is 0 Å². The lowest BCUT2D eigenvalue weighted by Crippen LogP contribution is -2.01. The molecule has 0 radical (unpaired) electrons. The van der Waals surface area contributed by atoms with E-state index in [0.29, 0.717) is 6.54 Å². The molecule has 0 fully saturated rings. The number of aromatic nitrogens is 3. The summed E-state index contributed by atoms with van der Waals surface area (Å²) in [6.45, 7) is 4.48. The Hall–Kier alpha value is -8.02. The highest BCUT2D eigenvalue weighted by Crippen LogP contribution is 2.34. The minimum absolute atomic E-state index is 0.481. The summed E-state index contributed by atoms with van der Waals surface area (Å²) in [6.07, 6.45) is 4.12. The third kappa shape index (κ3) is 7.21. The summed E-state index contributed by atoms with van der Waals surface area (Å²) in [5.74, 6) is 0. The maximum atomic E-state index is 5.29. The smallest absolute Gasteiger partial charge is 0.137 e. The summed E-state index contributed by atoms with van der Waals surface area (Å²) in [5, 5.41) is 1.05. The molecule has 0 unspecified atom stereocenters. The van der Waals surface area contributed by atoms with Crippen molar-refractivity contribution in [2.75, 3.05) is 0 Å². The summed E-state index contributed by atoms with van der Waals surface area (Å²) >= 11 is 0. The zero-order valence-corrected chi connectivity index (χ0v) is 32.9. The van der Waals surface area contributed by atoms with E-state index in [2.05, 4.69) is 186 Å². The van der Waals surface area contributed by atoms with Crippen molar-refractivity contribution >= 4 is 45.7 Å². The maximum Gasteiger partial charge on any atom is 0.137 e. The third-order valence-corrected chi connectivity index (χ3v) is 11.0. The van der Waals surface area contributed by atoms with Crippen LogP contribution in [0, 0.1) is 0 Å². The topological polar surface area (TPSA) is 54.9 Å². The lowest BCUT2D eigenvalue weighted by atomic mass is 9.98. The molecule has 60 heavy (non-hydrogen) atoms. The van der Waals surface area contributed by atoms with Crippen LogP contribution in [0.4, 0.5) is 0 Å². The van der Waals surface area contributed by atoms with Crippen molar-refractivity contribution in [2.45, 2.75) is 6.54 Å². The van der Waals surface area contributed by atoms with Crippen molar-refractivity contribution in [3.8, 4) is 44.6 Å². The quantitative estimate of drug-likeness (QED) is 0.130. The zero-order valence-electron chi connectivity index (χ0n) is 32.9. The fourth-order valence-electron chi connectivity index (χ4n) is 7.95. The highest BCUT2D eigenvalue weighted by atomic mass is 15.0.